The number of ether oxygens (including phenoxy) is 2. The van der Waals surface area contributed by atoms with Gasteiger partial charge < -0.3 is 14.8 Å². The molecule has 194 valence electrons. The molecule has 11 nitrogen and oxygen atoms in total. The van der Waals surface area contributed by atoms with Crippen molar-refractivity contribution < 1.29 is 18.7 Å². The Balaban J connectivity index is 1.25. The van der Waals surface area contributed by atoms with E-state index < -0.39 is 0 Å². The predicted octanol–water partition coefficient (Wildman–Crippen LogP) is 2.62. The first-order valence-electron chi connectivity index (χ1n) is 11.7. The van der Waals surface area contributed by atoms with Gasteiger partial charge in [0.2, 0.25) is 0 Å². The normalized spacial score (nSPS) is 11.0. The molecule has 12 heteroatoms. The largest absolute Gasteiger partial charge is 0.497 e. The smallest absolute Gasteiger partial charge is 0.269 e. The number of hydrogen-bond donors (Lipinski definition) is 2. The Kier molecular flexibility index (Phi) is 6.85. The molecule has 1 amide bonds. The van der Waals surface area contributed by atoms with Crippen LogP contribution in [-0.2, 0) is 13.1 Å². The van der Waals surface area contributed by atoms with Crippen LogP contribution in [-0.4, -0.2) is 56.2 Å². The second-order valence-corrected chi connectivity index (χ2v) is 8.40. The molecule has 0 aliphatic heterocycles. The molecule has 0 aliphatic rings. The molecular weight excluding hydrogens is 493 g/mol. The molecule has 0 saturated carbocycles. The Hall–Kier alpha value is -5.00. The minimum Gasteiger partial charge on any atom is -0.497 e. The second kappa shape index (κ2) is 10.5. The maximum absolute atomic E-state index is 13.5. The molecule has 0 unspecified atom stereocenters. The van der Waals surface area contributed by atoms with Gasteiger partial charge in [0.1, 0.15) is 34.7 Å². The van der Waals surface area contributed by atoms with Gasteiger partial charge in [0.05, 0.1) is 39.2 Å². The molecule has 0 fully saturated rings. The van der Waals surface area contributed by atoms with E-state index in [1.165, 1.54) is 29.2 Å². The molecule has 0 atom stereocenters. The quantitative estimate of drug-likeness (QED) is 0.308. The highest BCUT2D eigenvalue weighted by molar-refractivity contribution is 5.93. The summed E-state index contributed by atoms with van der Waals surface area (Å²) in [6, 6.07) is 13.0. The van der Waals surface area contributed by atoms with Crippen LogP contribution in [0.2, 0.25) is 0 Å². The lowest BCUT2D eigenvalue weighted by Gasteiger charge is -2.08. The van der Waals surface area contributed by atoms with Gasteiger partial charge in [0.15, 0.2) is 5.65 Å². The highest BCUT2D eigenvalue weighted by Gasteiger charge is 2.16. The number of halogens is 1. The minimum absolute atomic E-state index is 0.189. The SMILES string of the molecule is COc1ccc(OC)c(-c2cc(C(=O)NCCn3ncc4c(=O)n(Cc5cccc(F)c5)cnc43)[nH]n2)c1. The van der Waals surface area contributed by atoms with E-state index in [9.17, 15) is 14.0 Å². The summed E-state index contributed by atoms with van der Waals surface area (Å²) < 4.78 is 27.1. The number of methoxy groups -OCH3 is 2. The van der Waals surface area contributed by atoms with Crippen LogP contribution < -0.4 is 20.3 Å². The van der Waals surface area contributed by atoms with Crippen LogP contribution in [0.5, 0.6) is 11.5 Å². The van der Waals surface area contributed by atoms with Crippen LogP contribution in [0, 0.1) is 5.82 Å². The number of hydrogen-bond acceptors (Lipinski definition) is 7. The van der Waals surface area contributed by atoms with E-state index in [0.717, 1.165) is 0 Å². The van der Waals surface area contributed by atoms with Gasteiger partial charge in [-0.15, -0.1) is 0 Å². The van der Waals surface area contributed by atoms with Crippen LogP contribution in [0.25, 0.3) is 22.3 Å². The van der Waals surface area contributed by atoms with E-state index in [4.69, 9.17) is 9.47 Å². The van der Waals surface area contributed by atoms with Gasteiger partial charge in [-0.05, 0) is 42.0 Å². The summed E-state index contributed by atoms with van der Waals surface area (Å²) in [4.78, 5) is 29.9. The van der Waals surface area contributed by atoms with Crippen LogP contribution >= 0.6 is 0 Å². The van der Waals surface area contributed by atoms with Crippen molar-refractivity contribution in [2.24, 2.45) is 0 Å². The van der Waals surface area contributed by atoms with Crippen molar-refractivity contribution in [3.63, 3.8) is 0 Å². The van der Waals surface area contributed by atoms with E-state index in [1.807, 2.05) is 0 Å². The number of rotatable bonds is 9. The number of carbonyl (C=O) groups is 1. The first kappa shape index (κ1) is 24.7. The standard InChI is InChI=1S/C26H24FN7O4/c1-37-18-6-7-23(38-2)19(11-18)21-12-22(32-31-21)25(35)28-8-9-34-24-20(13-30-34)26(36)33(15-29-24)14-16-4-3-5-17(27)10-16/h3-7,10-13,15H,8-9,14H2,1-2H3,(H,28,35)(H,31,32). The highest BCUT2D eigenvalue weighted by Crippen LogP contribution is 2.32. The van der Waals surface area contributed by atoms with E-state index in [0.29, 0.717) is 45.9 Å². The summed E-state index contributed by atoms with van der Waals surface area (Å²) in [7, 11) is 3.12. The van der Waals surface area contributed by atoms with Crippen molar-refractivity contribution >= 4 is 16.9 Å². The summed E-state index contributed by atoms with van der Waals surface area (Å²) in [5.74, 6) is 0.506. The predicted molar refractivity (Wildman–Crippen MR) is 137 cm³/mol. The number of carbonyl (C=O) groups excluding carboxylic acids is 1. The Labute approximate surface area is 215 Å². The lowest BCUT2D eigenvalue weighted by Crippen LogP contribution is -2.28. The number of benzene rings is 2. The van der Waals surface area contributed by atoms with Gasteiger partial charge in [-0.1, -0.05) is 12.1 Å². The van der Waals surface area contributed by atoms with Crippen molar-refractivity contribution in [3.8, 4) is 22.8 Å². The van der Waals surface area contributed by atoms with E-state index in [-0.39, 0.29) is 36.1 Å². The average Bonchev–Trinajstić information content (AvgIpc) is 3.58. The van der Waals surface area contributed by atoms with Crippen LogP contribution in [0.1, 0.15) is 16.1 Å². The lowest BCUT2D eigenvalue weighted by atomic mass is 10.1. The molecular formula is C26H24FN7O4. The van der Waals surface area contributed by atoms with Crippen molar-refractivity contribution in [3.05, 3.63) is 88.5 Å². The second-order valence-electron chi connectivity index (χ2n) is 8.40. The number of nitrogens with zero attached hydrogens (tertiary/aromatic N) is 5. The van der Waals surface area contributed by atoms with E-state index in [2.05, 4.69) is 25.6 Å². The number of aromatic amines is 1. The first-order chi connectivity index (χ1) is 18.5. The number of H-pyrrole nitrogens is 1. The van der Waals surface area contributed by atoms with Crippen LogP contribution in [0.15, 0.2) is 65.8 Å². The average molecular weight is 518 g/mol. The summed E-state index contributed by atoms with van der Waals surface area (Å²) in [6.45, 7) is 0.718. The fourth-order valence-corrected chi connectivity index (χ4v) is 4.07. The fourth-order valence-electron chi connectivity index (χ4n) is 4.07. The molecule has 0 aliphatic carbocycles. The van der Waals surface area contributed by atoms with E-state index >= 15 is 0 Å². The Bertz CT molecular complexity index is 1670. The summed E-state index contributed by atoms with van der Waals surface area (Å²) in [6.07, 6.45) is 2.85. The lowest BCUT2D eigenvalue weighted by molar-refractivity contribution is 0.0947. The molecule has 2 aromatic carbocycles. The van der Waals surface area contributed by atoms with Gasteiger partial charge in [-0.3, -0.25) is 19.3 Å². The zero-order chi connectivity index (χ0) is 26.6. The summed E-state index contributed by atoms with van der Waals surface area (Å²) in [5.41, 5.74) is 2.24. The highest BCUT2D eigenvalue weighted by atomic mass is 19.1. The zero-order valence-corrected chi connectivity index (χ0v) is 20.6. The van der Waals surface area contributed by atoms with Crippen molar-refractivity contribution in [2.45, 2.75) is 13.1 Å². The molecule has 5 aromatic rings. The third kappa shape index (κ3) is 4.96. The Morgan fingerprint density at radius 3 is 2.79 bits per heavy atom. The van der Waals surface area contributed by atoms with E-state index in [1.54, 1.807) is 55.3 Å². The van der Waals surface area contributed by atoms with Crippen molar-refractivity contribution in [2.75, 3.05) is 20.8 Å². The molecule has 0 bridgehead atoms. The third-order valence-corrected chi connectivity index (χ3v) is 5.98. The molecule has 3 aromatic heterocycles. The molecule has 5 rings (SSSR count). The number of nitrogens with one attached hydrogen (secondary N) is 2. The maximum Gasteiger partial charge on any atom is 0.269 e. The Morgan fingerprint density at radius 2 is 2.00 bits per heavy atom. The summed E-state index contributed by atoms with van der Waals surface area (Å²) in [5, 5.41) is 14.4. The van der Waals surface area contributed by atoms with Gasteiger partial charge in [0.25, 0.3) is 11.5 Å². The van der Waals surface area contributed by atoms with Crippen molar-refractivity contribution in [1.29, 1.82) is 0 Å². The first-order valence-corrected chi connectivity index (χ1v) is 11.7. The number of fused-ring (bicyclic) bond motifs is 1. The molecule has 3 heterocycles. The molecule has 2 N–H and O–H groups in total. The molecule has 0 saturated heterocycles. The monoisotopic (exact) mass is 517 g/mol. The van der Waals surface area contributed by atoms with Crippen LogP contribution in [0.4, 0.5) is 4.39 Å². The Morgan fingerprint density at radius 1 is 1.13 bits per heavy atom. The van der Waals surface area contributed by atoms with Gasteiger partial charge in [-0.2, -0.15) is 10.2 Å². The van der Waals surface area contributed by atoms with Gasteiger partial charge >= 0.3 is 0 Å². The molecule has 0 spiro atoms. The van der Waals surface area contributed by atoms with Gasteiger partial charge in [0, 0.05) is 12.1 Å². The summed E-state index contributed by atoms with van der Waals surface area (Å²) >= 11 is 0. The topological polar surface area (TPSA) is 129 Å². The van der Waals surface area contributed by atoms with Crippen LogP contribution in [0.3, 0.4) is 0 Å². The van der Waals surface area contributed by atoms with Gasteiger partial charge in [-0.25, -0.2) is 14.1 Å². The maximum atomic E-state index is 13.5. The minimum atomic E-state index is -0.370. The van der Waals surface area contributed by atoms with Crippen molar-refractivity contribution in [1.82, 2.24) is 34.8 Å². The molecule has 38 heavy (non-hydrogen) atoms. The number of aromatic nitrogens is 6. The zero-order valence-electron chi connectivity index (χ0n) is 20.6. The fraction of sp³-hybridized carbons (Fsp3) is 0.192. The third-order valence-electron chi connectivity index (χ3n) is 5.98. The molecule has 0 radical (unpaired) electrons. The number of amides is 1.